The molecule has 4 rings (SSSR count). The summed E-state index contributed by atoms with van der Waals surface area (Å²) in [5.41, 5.74) is 4.05. The predicted octanol–water partition coefficient (Wildman–Crippen LogP) is 6.28. The van der Waals surface area contributed by atoms with Gasteiger partial charge in [-0.3, -0.25) is 4.90 Å². The van der Waals surface area contributed by atoms with Crippen molar-refractivity contribution < 1.29 is 45.8 Å². The molecule has 8 nitrogen and oxygen atoms in total. The molecule has 0 spiro atoms. The van der Waals surface area contributed by atoms with E-state index in [0.29, 0.717) is 9.13 Å². The lowest BCUT2D eigenvalue weighted by Crippen LogP contribution is -2.41. The number of alkyl halides is 3. The van der Waals surface area contributed by atoms with Crippen LogP contribution >= 0.6 is 22.6 Å². The van der Waals surface area contributed by atoms with Crippen LogP contribution in [-0.2, 0) is 25.2 Å². The van der Waals surface area contributed by atoms with Gasteiger partial charge in [-0.25, -0.2) is 18.4 Å². The molecule has 0 aliphatic carbocycles. The molecule has 14 heteroatoms. The van der Waals surface area contributed by atoms with Crippen molar-refractivity contribution in [3.63, 3.8) is 0 Å². The van der Waals surface area contributed by atoms with Crippen molar-refractivity contribution in [2.75, 3.05) is 19.1 Å². The highest BCUT2D eigenvalue weighted by atomic mass is 127. The standard InChI is InChI=1S/C29H19F5IN3O5/c1-41-27(39)23-22(14-6-4-3-5-7-14)17(13-36)26(37)38(24(23)28(40)42-2)20-12-16(35)8-9-21(20)43-25-18(30)10-15(11-19(25)31)29(32,33)34/h3-12,22H,37H2,1-2H3. The average molecular weight is 711 g/mol. The van der Waals surface area contributed by atoms with Crippen LogP contribution in [0.3, 0.4) is 0 Å². The normalized spacial score (nSPS) is 15.2. The zero-order valence-electron chi connectivity index (χ0n) is 22.1. The summed E-state index contributed by atoms with van der Waals surface area (Å²) < 4.78 is 84.7. The van der Waals surface area contributed by atoms with E-state index in [1.54, 1.807) is 30.3 Å². The molecule has 1 aliphatic rings. The number of hydrogen-bond acceptors (Lipinski definition) is 8. The molecule has 0 fully saturated rings. The molecule has 222 valence electrons. The van der Waals surface area contributed by atoms with Gasteiger partial charge < -0.3 is 19.9 Å². The summed E-state index contributed by atoms with van der Waals surface area (Å²) >= 11 is 1.87. The van der Waals surface area contributed by atoms with Crippen molar-refractivity contribution in [1.29, 1.82) is 5.26 Å². The SMILES string of the molecule is COC(=O)C1=C(C(=O)OC)N(c2cc(I)ccc2Oc2c(F)cc(C(F)(F)F)cc2F)C(N)=C(C#N)C1c1ccccc1. The first kappa shape index (κ1) is 31.3. The molecule has 1 unspecified atom stereocenters. The van der Waals surface area contributed by atoms with Crippen LogP contribution < -0.4 is 15.4 Å². The second kappa shape index (κ2) is 12.3. The summed E-state index contributed by atoms with van der Waals surface area (Å²) in [6.45, 7) is 0. The number of nitrogens with zero attached hydrogens (tertiary/aromatic N) is 2. The molecular weight excluding hydrogens is 692 g/mol. The monoisotopic (exact) mass is 711 g/mol. The molecule has 1 aliphatic heterocycles. The number of nitrogens with two attached hydrogens (primary N) is 1. The van der Waals surface area contributed by atoms with Crippen LogP contribution in [0, 0.1) is 26.5 Å². The van der Waals surface area contributed by atoms with Crippen molar-refractivity contribution in [3.05, 3.63) is 110 Å². The predicted molar refractivity (Wildman–Crippen MR) is 150 cm³/mol. The fraction of sp³-hybridized carbons (Fsp3) is 0.138. The van der Waals surface area contributed by atoms with E-state index in [1.807, 2.05) is 28.7 Å². The van der Waals surface area contributed by atoms with Gasteiger partial charge in [0.15, 0.2) is 23.1 Å². The Morgan fingerprint density at radius 2 is 1.58 bits per heavy atom. The minimum Gasteiger partial charge on any atom is -0.466 e. The molecule has 1 heterocycles. The molecule has 3 aromatic rings. The number of allylic oxidation sites excluding steroid dienone is 1. The third-order valence-electron chi connectivity index (χ3n) is 6.31. The van der Waals surface area contributed by atoms with Gasteiger partial charge in [0.05, 0.1) is 48.6 Å². The number of methoxy groups -OCH3 is 2. The quantitative estimate of drug-likeness (QED) is 0.181. The number of carbonyl (C=O) groups is 2. The molecule has 43 heavy (non-hydrogen) atoms. The van der Waals surface area contributed by atoms with E-state index in [-0.39, 0.29) is 34.8 Å². The van der Waals surface area contributed by atoms with E-state index in [1.165, 1.54) is 18.2 Å². The topological polar surface area (TPSA) is 115 Å². The summed E-state index contributed by atoms with van der Waals surface area (Å²) in [4.78, 5) is 27.5. The highest BCUT2D eigenvalue weighted by Gasteiger charge is 2.44. The molecule has 0 saturated carbocycles. The lowest BCUT2D eigenvalue weighted by atomic mass is 9.81. The number of rotatable bonds is 6. The van der Waals surface area contributed by atoms with Crippen molar-refractivity contribution >= 4 is 40.2 Å². The number of esters is 2. The second-order valence-corrected chi connectivity index (χ2v) is 10.1. The van der Waals surface area contributed by atoms with Crippen LogP contribution in [0.25, 0.3) is 0 Å². The molecule has 0 aromatic heterocycles. The maximum Gasteiger partial charge on any atom is 0.416 e. The maximum atomic E-state index is 14.8. The summed E-state index contributed by atoms with van der Waals surface area (Å²) in [5.74, 6) is -8.60. The van der Waals surface area contributed by atoms with Crippen LogP contribution in [-0.4, -0.2) is 26.2 Å². The van der Waals surface area contributed by atoms with E-state index >= 15 is 0 Å². The molecule has 2 N–H and O–H groups in total. The number of halogens is 6. The summed E-state index contributed by atoms with van der Waals surface area (Å²) in [6.07, 6.45) is -5.03. The average Bonchev–Trinajstić information content (AvgIpc) is 2.97. The third kappa shape index (κ3) is 5.98. The van der Waals surface area contributed by atoms with Crippen LogP contribution in [0.15, 0.2) is 83.3 Å². The minimum atomic E-state index is -5.03. The van der Waals surface area contributed by atoms with Gasteiger partial charge >= 0.3 is 18.1 Å². The molecule has 0 radical (unpaired) electrons. The number of ether oxygens (including phenoxy) is 3. The van der Waals surface area contributed by atoms with E-state index < -0.39 is 58.4 Å². The summed E-state index contributed by atoms with van der Waals surface area (Å²) in [6, 6.07) is 14.2. The van der Waals surface area contributed by atoms with Crippen LogP contribution in [0.4, 0.5) is 27.6 Å². The van der Waals surface area contributed by atoms with E-state index in [0.717, 1.165) is 19.1 Å². The first-order chi connectivity index (χ1) is 20.3. The van der Waals surface area contributed by atoms with Crippen molar-refractivity contribution in [3.8, 4) is 17.6 Å². The molecule has 0 bridgehead atoms. The maximum absolute atomic E-state index is 14.8. The Balaban J connectivity index is 2.02. The number of hydrogen-bond donors (Lipinski definition) is 1. The van der Waals surface area contributed by atoms with Crippen LogP contribution in [0.1, 0.15) is 17.0 Å². The second-order valence-electron chi connectivity index (χ2n) is 8.82. The number of benzene rings is 3. The first-order valence-electron chi connectivity index (χ1n) is 12.0. The van der Waals surface area contributed by atoms with Gasteiger partial charge in [0, 0.05) is 3.57 Å². The van der Waals surface area contributed by atoms with Gasteiger partial charge in [0.25, 0.3) is 0 Å². The summed E-state index contributed by atoms with van der Waals surface area (Å²) in [7, 11) is 2.08. The number of nitriles is 1. The molecular formula is C29H19F5IN3O5. The Morgan fingerprint density at radius 3 is 2.12 bits per heavy atom. The molecule has 3 aromatic carbocycles. The van der Waals surface area contributed by atoms with E-state index in [9.17, 15) is 36.8 Å². The van der Waals surface area contributed by atoms with Crippen molar-refractivity contribution in [2.24, 2.45) is 5.73 Å². The highest BCUT2D eigenvalue weighted by Crippen LogP contribution is 2.47. The van der Waals surface area contributed by atoms with Gasteiger partial charge in [0.1, 0.15) is 11.5 Å². The van der Waals surface area contributed by atoms with Gasteiger partial charge in [-0.05, 0) is 58.5 Å². The Labute approximate surface area is 254 Å². The highest BCUT2D eigenvalue weighted by molar-refractivity contribution is 14.1. The molecule has 0 saturated heterocycles. The van der Waals surface area contributed by atoms with Gasteiger partial charge in [-0.1, -0.05) is 30.3 Å². The number of anilines is 1. The van der Waals surface area contributed by atoms with Crippen molar-refractivity contribution in [2.45, 2.75) is 12.1 Å². The van der Waals surface area contributed by atoms with Gasteiger partial charge in [0.2, 0.25) is 0 Å². The zero-order chi connectivity index (χ0) is 31.6. The lowest BCUT2D eigenvalue weighted by molar-refractivity contribution is -0.139. The van der Waals surface area contributed by atoms with E-state index in [4.69, 9.17) is 19.9 Å². The minimum absolute atomic E-state index is 0.0628. The van der Waals surface area contributed by atoms with Crippen LogP contribution in [0.2, 0.25) is 0 Å². The fourth-order valence-corrected chi connectivity index (χ4v) is 4.92. The molecule has 0 amide bonds. The largest absolute Gasteiger partial charge is 0.466 e. The zero-order valence-corrected chi connectivity index (χ0v) is 24.3. The molecule has 1 atom stereocenters. The fourth-order valence-electron chi connectivity index (χ4n) is 4.45. The van der Waals surface area contributed by atoms with Gasteiger partial charge in [-0.2, -0.15) is 18.4 Å². The van der Waals surface area contributed by atoms with Crippen molar-refractivity contribution in [1.82, 2.24) is 0 Å². The van der Waals surface area contributed by atoms with E-state index in [2.05, 4.69) is 0 Å². The number of carbonyl (C=O) groups excluding carboxylic acids is 2. The lowest BCUT2D eigenvalue weighted by Gasteiger charge is -2.36. The summed E-state index contributed by atoms with van der Waals surface area (Å²) in [5, 5.41) is 10.2. The van der Waals surface area contributed by atoms with Crippen LogP contribution in [0.5, 0.6) is 11.5 Å². The Hall–Kier alpha value is -4.65. The third-order valence-corrected chi connectivity index (χ3v) is 6.98. The Kier molecular flexibility index (Phi) is 8.95. The Bertz CT molecular complexity index is 1690. The van der Waals surface area contributed by atoms with Gasteiger partial charge in [-0.15, -0.1) is 0 Å². The smallest absolute Gasteiger partial charge is 0.416 e. The Morgan fingerprint density at radius 1 is 0.977 bits per heavy atom. The first-order valence-corrected chi connectivity index (χ1v) is 13.1.